The van der Waals surface area contributed by atoms with E-state index in [9.17, 15) is 9.59 Å². The molecule has 3 aromatic rings. The first-order chi connectivity index (χ1) is 23.2. The van der Waals surface area contributed by atoms with Crippen molar-refractivity contribution in [1.82, 2.24) is 19.9 Å². The van der Waals surface area contributed by atoms with Crippen LogP contribution in [-0.4, -0.2) is 45.0 Å². The fourth-order valence-corrected chi connectivity index (χ4v) is 8.05. The number of esters is 1. The van der Waals surface area contributed by atoms with Gasteiger partial charge in [-0.3, -0.25) is 9.59 Å². The molecule has 3 aliphatic rings. The summed E-state index contributed by atoms with van der Waals surface area (Å²) in [6, 6.07) is 15.0. The van der Waals surface area contributed by atoms with Crippen LogP contribution in [0.2, 0.25) is 0 Å². The summed E-state index contributed by atoms with van der Waals surface area (Å²) in [4.78, 5) is 28.7. The van der Waals surface area contributed by atoms with Crippen molar-refractivity contribution in [1.29, 1.82) is 0 Å². The number of ether oxygens (including phenoxy) is 2. The van der Waals surface area contributed by atoms with Crippen LogP contribution in [0.3, 0.4) is 0 Å². The van der Waals surface area contributed by atoms with Crippen molar-refractivity contribution in [2.45, 2.75) is 117 Å². The van der Waals surface area contributed by atoms with E-state index in [1.54, 1.807) is 7.11 Å². The lowest BCUT2D eigenvalue weighted by molar-refractivity contribution is -0.154. The summed E-state index contributed by atoms with van der Waals surface area (Å²) in [5.41, 5.74) is 6.60. The Morgan fingerprint density at radius 2 is 1.69 bits per heavy atom. The van der Waals surface area contributed by atoms with Gasteiger partial charge in [-0.2, -0.15) is 0 Å². The minimum absolute atomic E-state index is 0.0238. The topological polar surface area (TPSA) is 86.5 Å². The maximum atomic E-state index is 14.1. The minimum atomic E-state index is -0.0559. The number of hydrogen-bond acceptors (Lipinski definition) is 6. The molecule has 2 unspecified atom stereocenters. The van der Waals surface area contributed by atoms with Crippen molar-refractivity contribution in [3.63, 3.8) is 0 Å². The first-order valence-corrected chi connectivity index (χ1v) is 18.3. The zero-order chi connectivity index (χ0) is 33.8. The van der Waals surface area contributed by atoms with Crippen LogP contribution in [-0.2, 0) is 40.9 Å². The Labute approximate surface area is 286 Å². The maximum Gasteiger partial charge on any atom is 0.309 e. The van der Waals surface area contributed by atoms with Gasteiger partial charge in [0.05, 0.1) is 31.4 Å². The molecule has 8 nitrogen and oxygen atoms in total. The van der Waals surface area contributed by atoms with Gasteiger partial charge in [0.15, 0.2) is 0 Å². The molecule has 0 saturated heterocycles. The molecule has 0 aliphatic heterocycles. The fourth-order valence-electron chi connectivity index (χ4n) is 8.05. The molecule has 48 heavy (non-hydrogen) atoms. The van der Waals surface area contributed by atoms with Crippen LogP contribution in [0.4, 0.5) is 0 Å². The molecule has 3 aliphatic carbocycles. The van der Waals surface area contributed by atoms with Gasteiger partial charge in [0.1, 0.15) is 11.4 Å². The number of nitrogens with zero attached hydrogens (tertiary/aromatic N) is 4. The summed E-state index contributed by atoms with van der Waals surface area (Å²) in [6.45, 7) is 7.17. The van der Waals surface area contributed by atoms with Crippen LogP contribution in [0.15, 0.2) is 42.5 Å². The largest absolute Gasteiger partial charge is 0.497 e. The number of benzene rings is 2. The molecule has 1 heterocycles. The highest BCUT2D eigenvalue weighted by Gasteiger charge is 2.37. The predicted octanol–water partition coefficient (Wildman–Crippen LogP) is 8.02. The van der Waals surface area contributed by atoms with Crippen molar-refractivity contribution in [2.24, 2.45) is 30.7 Å². The lowest BCUT2D eigenvalue weighted by atomic mass is 9.79. The molecule has 2 aromatic carbocycles. The fraction of sp³-hybridized carbons (Fsp3) is 0.600. The molecule has 4 atom stereocenters. The molecule has 3 saturated carbocycles. The molecule has 3 fully saturated rings. The number of aromatic nitrogens is 3. The molecule has 258 valence electrons. The highest BCUT2D eigenvalue weighted by atomic mass is 16.5. The highest BCUT2D eigenvalue weighted by Crippen LogP contribution is 2.49. The lowest BCUT2D eigenvalue weighted by Gasteiger charge is -2.28. The van der Waals surface area contributed by atoms with E-state index in [4.69, 9.17) is 9.47 Å². The SMILES string of the molecule is COc1ccc(CN(Cc2c(-c3ccc(CC[C@H]4CCC[C@H](C(=O)OC(C)C)C4)cc3)nnn2C)C(=O)C2CCCC2)c(C2CC2C)c1. The molecule has 0 radical (unpaired) electrons. The molecular weight excluding hydrogens is 600 g/mol. The zero-order valence-electron chi connectivity index (χ0n) is 29.6. The second-order valence-corrected chi connectivity index (χ2v) is 15.0. The van der Waals surface area contributed by atoms with E-state index in [0.717, 1.165) is 80.5 Å². The number of carbonyl (C=O) groups excluding carboxylic acids is 2. The lowest BCUT2D eigenvalue weighted by Crippen LogP contribution is -2.35. The Bertz CT molecular complexity index is 1560. The molecule has 0 bridgehead atoms. The third-order valence-electron chi connectivity index (χ3n) is 11.1. The van der Waals surface area contributed by atoms with Crippen molar-refractivity contribution < 1.29 is 19.1 Å². The second kappa shape index (κ2) is 15.3. The van der Waals surface area contributed by atoms with Gasteiger partial charge in [0, 0.05) is 25.1 Å². The van der Waals surface area contributed by atoms with Crippen LogP contribution in [0.5, 0.6) is 5.75 Å². The molecule has 1 amide bonds. The summed E-state index contributed by atoms with van der Waals surface area (Å²) in [7, 11) is 3.64. The third-order valence-corrected chi connectivity index (χ3v) is 11.1. The maximum absolute atomic E-state index is 14.1. The normalized spacial score (nSPS) is 22.5. The number of amides is 1. The van der Waals surface area contributed by atoms with Gasteiger partial charge in [-0.05, 0) is 105 Å². The Kier molecular flexibility index (Phi) is 10.9. The van der Waals surface area contributed by atoms with Gasteiger partial charge in [0.25, 0.3) is 0 Å². The van der Waals surface area contributed by atoms with Crippen molar-refractivity contribution in [3.05, 3.63) is 64.8 Å². The standard InChI is InChI=1S/C40H54N4O4/c1-26(2)48-40(46)32-12-8-9-29(22-32)14-13-28-15-17-30(18-16-28)38-37(43(4)42-41-38)25-44(39(45)31-10-6-7-11-31)24-33-19-20-34(47-5)23-36(33)35-21-27(35)3/h15-20,23,26-27,29,31-32,35H,6-14,21-22,24-25H2,1-5H3/t27?,29-,32+,35?/m1/s1. The van der Waals surface area contributed by atoms with Crippen LogP contribution < -0.4 is 4.74 Å². The van der Waals surface area contributed by atoms with E-state index < -0.39 is 0 Å². The molecular formula is C40H54N4O4. The summed E-state index contributed by atoms with van der Waals surface area (Å²) >= 11 is 0. The van der Waals surface area contributed by atoms with E-state index in [0.29, 0.717) is 30.8 Å². The van der Waals surface area contributed by atoms with Crippen LogP contribution in [0, 0.1) is 23.7 Å². The summed E-state index contributed by atoms with van der Waals surface area (Å²) < 4.78 is 12.9. The first-order valence-electron chi connectivity index (χ1n) is 18.3. The van der Waals surface area contributed by atoms with Gasteiger partial charge in [-0.1, -0.05) is 68.2 Å². The Morgan fingerprint density at radius 3 is 2.38 bits per heavy atom. The number of carbonyl (C=O) groups is 2. The van der Waals surface area contributed by atoms with Gasteiger partial charge in [-0.15, -0.1) is 5.10 Å². The molecule has 8 heteroatoms. The summed E-state index contributed by atoms with van der Waals surface area (Å²) in [5.74, 6) is 2.93. The molecule has 0 N–H and O–H groups in total. The minimum Gasteiger partial charge on any atom is -0.497 e. The first kappa shape index (κ1) is 34.2. The number of rotatable bonds is 13. The van der Waals surface area contributed by atoms with Crippen molar-refractivity contribution in [2.75, 3.05) is 7.11 Å². The average Bonchev–Trinajstić information content (AvgIpc) is 3.41. The summed E-state index contributed by atoms with van der Waals surface area (Å²) in [5, 5.41) is 9.03. The van der Waals surface area contributed by atoms with Crippen LogP contribution in [0.25, 0.3) is 11.3 Å². The number of methoxy groups -OCH3 is 1. The van der Waals surface area contributed by atoms with E-state index >= 15 is 0 Å². The molecule has 0 spiro atoms. The van der Waals surface area contributed by atoms with Gasteiger partial charge in [0.2, 0.25) is 5.91 Å². The average molecular weight is 655 g/mol. The number of hydrogen-bond donors (Lipinski definition) is 0. The van der Waals surface area contributed by atoms with Gasteiger partial charge in [-0.25, -0.2) is 4.68 Å². The van der Waals surface area contributed by atoms with E-state index in [-0.39, 0.29) is 29.8 Å². The Hall–Kier alpha value is -3.68. The quantitative estimate of drug-likeness (QED) is 0.174. The van der Waals surface area contributed by atoms with Gasteiger partial charge >= 0.3 is 5.97 Å². The van der Waals surface area contributed by atoms with E-state index in [2.05, 4.69) is 58.5 Å². The highest BCUT2D eigenvalue weighted by molar-refractivity contribution is 5.79. The predicted molar refractivity (Wildman–Crippen MR) is 187 cm³/mol. The van der Waals surface area contributed by atoms with Gasteiger partial charge < -0.3 is 14.4 Å². The molecule has 6 rings (SSSR count). The van der Waals surface area contributed by atoms with Crippen molar-refractivity contribution >= 4 is 11.9 Å². The Balaban J connectivity index is 1.16. The Morgan fingerprint density at radius 1 is 0.958 bits per heavy atom. The monoisotopic (exact) mass is 654 g/mol. The van der Waals surface area contributed by atoms with Crippen molar-refractivity contribution in [3.8, 4) is 17.0 Å². The second-order valence-electron chi connectivity index (χ2n) is 15.0. The smallest absolute Gasteiger partial charge is 0.309 e. The van der Waals surface area contributed by atoms with E-state index in [1.165, 1.54) is 29.5 Å². The van der Waals surface area contributed by atoms with Crippen LogP contribution >= 0.6 is 0 Å². The number of aryl methyl sites for hydroxylation is 2. The van der Waals surface area contributed by atoms with Crippen LogP contribution in [0.1, 0.15) is 113 Å². The molecule has 1 aromatic heterocycles. The third kappa shape index (κ3) is 8.12. The van der Waals surface area contributed by atoms with E-state index in [1.807, 2.05) is 31.6 Å². The summed E-state index contributed by atoms with van der Waals surface area (Å²) in [6.07, 6.45) is 11.5. The zero-order valence-corrected chi connectivity index (χ0v) is 29.6.